The molecule has 1 amide bonds. The molecule has 2 aromatic rings. The predicted octanol–water partition coefficient (Wildman–Crippen LogP) is 2.41. The van der Waals surface area contributed by atoms with Gasteiger partial charge in [0.2, 0.25) is 0 Å². The third kappa shape index (κ3) is 6.64. The van der Waals surface area contributed by atoms with E-state index in [0.29, 0.717) is 0 Å². The van der Waals surface area contributed by atoms with Crippen molar-refractivity contribution in [3.05, 3.63) is 71.8 Å². The van der Waals surface area contributed by atoms with Crippen LogP contribution in [0.4, 0.5) is 4.79 Å². The van der Waals surface area contributed by atoms with E-state index in [0.717, 1.165) is 11.1 Å². The number of aliphatic hydroxyl groups excluding tert-OH is 1. The molecule has 0 aliphatic carbocycles. The van der Waals surface area contributed by atoms with E-state index >= 15 is 0 Å². The van der Waals surface area contributed by atoms with E-state index in [2.05, 4.69) is 5.32 Å². The van der Waals surface area contributed by atoms with Gasteiger partial charge in [0.15, 0.2) is 0 Å². The standard InChI is InChI=1S/C19H21NO5/c21-12-11-17(18(22)24-13-15-7-3-1-4-8-15)20-19(23)25-14-16-9-5-2-6-10-16/h1-10,17,21H,11-14H2,(H,20,23)/t17-/m1/s1. The molecule has 0 spiro atoms. The van der Waals surface area contributed by atoms with Crippen LogP contribution in [0.25, 0.3) is 0 Å². The lowest BCUT2D eigenvalue weighted by Crippen LogP contribution is -2.42. The van der Waals surface area contributed by atoms with Gasteiger partial charge in [0.25, 0.3) is 0 Å². The summed E-state index contributed by atoms with van der Waals surface area (Å²) in [6.45, 7) is -0.0655. The van der Waals surface area contributed by atoms with Crippen LogP contribution in [0, 0.1) is 0 Å². The van der Waals surface area contributed by atoms with Crippen LogP contribution >= 0.6 is 0 Å². The van der Waals surface area contributed by atoms with E-state index in [9.17, 15) is 9.59 Å². The fourth-order valence-corrected chi connectivity index (χ4v) is 2.11. The van der Waals surface area contributed by atoms with Crippen molar-refractivity contribution in [3.63, 3.8) is 0 Å². The van der Waals surface area contributed by atoms with Gasteiger partial charge >= 0.3 is 12.1 Å². The van der Waals surface area contributed by atoms with Gasteiger partial charge in [-0.1, -0.05) is 60.7 Å². The van der Waals surface area contributed by atoms with E-state index in [1.54, 1.807) is 0 Å². The van der Waals surface area contributed by atoms with E-state index < -0.39 is 18.1 Å². The van der Waals surface area contributed by atoms with Crippen molar-refractivity contribution in [2.45, 2.75) is 25.7 Å². The van der Waals surface area contributed by atoms with E-state index in [4.69, 9.17) is 14.6 Å². The lowest BCUT2D eigenvalue weighted by atomic mass is 10.2. The van der Waals surface area contributed by atoms with Crippen LogP contribution in [0.3, 0.4) is 0 Å². The molecular weight excluding hydrogens is 322 g/mol. The summed E-state index contributed by atoms with van der Waals surface area (Å²) in [5.41, 5.74) is 1.67. The fourth-order valence-electron chi connectivity index (χ4n) is 2.11. The molecule has 0 bridgehead atoms. The number of amides is 1. The highest BCUT2D eigenvalue weighted by atomic mass is 16.6. The number of carbonyl (C=O) groups excluding carboxylic acids is 2. The first kappa shape index (κ1) is 18.5. The molecule has 25 heavy (non-hydrogen) atoms. The van der Waals surface area contributed by atoms with Gasteiger partial charge in [0, 0.05) is 13.0 Å². The number of aliphatic hydroxyl groups is 1. The molecule has 0 fully saturated rings. The molecule has 0 saturated carbocycles. The van der Waals surface area contributed by atoms with Crippen LogP contribution in [-0.4, -0.2) is 29.8 Å². The first-order chi connectivity index (χ1) is 12.2. The molecule has 2 rings (SSSR count). The number of rotatable bonds is 8. The monoisotopic (exact) mass is 343 g/mol. The lowest BCUT2D eigenvalue weighted by molar-refractivity contribution is -0.147. The van der Waals surface area contributed by atoms with E-state index in [-0.39, 0.29) is 26.2 Å². The Labute approximate surface area is 146 Å². The van der Waals surface area contributed by atoms with Gasteiger partial charge < -0.3 is 19.9 Å². The quantitative estimate of drug-likeness (QED) is 0.719. The summed E-state index contributed by atoms with van der Waals surface area (Å²) in [4.78, 5) is 24.0. The Morgan fingerprint density at radius 1 is 0.880 bits per heavy atom. The predicted molar refractivity (Wildman–Crippen MR) is 91.5 cm³/mol. The molecule has 6 heteroatoms. The summed E-state index contributed by atoms with van der Waals surface area (Å²) < 4.78 is 10.3. The van der Waals surface area contributed by atoms with Gasteiger partial charge in [-0.05, 0) is 11.1 Å². The first-order valence-electron chi connectivity index (χ1n) is 7.97. The number of carbonyl (C=O) groups is 2. The van der Waals surface area contributed by atoms with E-state index in [1.807, 2.05) is 60.7 Å². The number of benzene rings is 2. The summed E-state index contributed by atoms with van der Waals surface area (Å²) >= 11 is 0. The van der Waals surface area contributed by atoms with Gasteiger partial charge in [-0.25, -0.2) is 9.59 Å². The van der Waals surface area contributed by atoms with Crippen molar-refractivity contribution in [1.29, 1.82) is 0 Å². The molecule has 2 N–H and O–H groups in total. The molecule has 2 aromatic carbocycles. The Bertz CT molecular complexity index is 660. The van der Waals surface area contributed by atoms with Gasteiger partial charge in [-0.15, -0.1) is 0 Å². The number of hydrogen-bond acceptors (Lipinski definition) is 5. The average Bonchev–Trinajstić information content (AvgIpc) is 2.66. The van der Waals surface area contributed by atoms with Crippen molar-refractivity contribution in [2.75, 3.05) is 6.61 Å². The third-order valence-electron chi connectivity index (χ3n) is 3.43. The van der Waals surface area contributed by atoms with Gasteiger partial charge in [0.05, 0.1) is 0 Å². The summed E-state index contributed by atoms with van der Waals surface area (Å²) in [7, 11) is 0. The van der Waals surface area contributed by atoms with Crippen molar-refractivity contribution in [2.24, 2.45) is 0 Å². The highest BCUT2D eigenvalue weighted by molar-refractivity contribution is 5.81. The second-order valence-electron chi connectivity index (χ2n) is 5.36. The molecule has 1 atom stereocenters. The van der Waals surface area contributed by atoms with Crippen molar-refractivity contribution < 1.29 is 24.2 Å². The van der Waals surface area contributed by atoms with Crippen LogP contribution in [0.5, 0.6) is 0 Å². The Kier molecular flexibility index (Phi) is 7.46. The average molecular weight is 343 g/mol. The van der Waals surface area contributed by atoms with Crippen molar-refractivity contribution in [3.8, 4) is 0 Å². The number of hydrogen-bond donors (Lipinski definition) is 2. The van der Waals surface area contributed by atoms with Gasteiger partial charge in [0.1, 0.15) is 19.3 Å². The van der Waals surface area contributed by atoms with E-state index in [1.165, 1.54) is 0 Å². The summed E-state index contributed by atoms with van der Waals surface area (Å²) in [5.74, 6) is -0.616. The maximum Gasteiger partial charge on any atom is 0.408 e. The molecule has 0 unspecified atom stereocenters. The molecule has 0 radical (unpaired) electrons. The smallest absolute Gasteiger partial charge is 0.408 e. The number of alkyl carbamates (subject to hydrolysis) is 1. The molecule has 6 nitrogen and oxygen atoms in total. The number of ether oxygens (including phenoxy) is 2. The summed E-state index contributed by atoms with van der Waals surface area (Å²) in [5, 5.41) is 11.5. The Balaban J connectivity index is 1.81. The number of esters is 1. The Morgan fingerprint density at radius 2 is 1.40 bits per heavy atom. The van der Waals surface area contributed by atoms with Crippen LogP contribution in [0.2, 0.25) is 0 Å². The topological polar surface area (TPSA) is 84.9 Å². The fraction of sp³-hybridized carbons (Fsp3) is 0.263. The zero-order chi connectivity index (χ0) is 17.9. The van der Waals surface area contributed by atoms with Crippen molar-refractivity contribution in [1.82, 2.24) is 5.32 Å². The second-order valence-corrected chi connectivity index (χ2v) is 5.36. The maximum absolute atomic E-state index is 12.1. The molecule has 0 aliphatic rings. The summed E-state index contributed by atoms with van der Waals surface area (Å²) in [6, 6.07) is 17.4. The largest absolute Gasteiger partial charge is 0.459 e. The van der Waals surface area contributed by atoms with Gasteiger partial charge in [-0.3, -0.25) is 0 Å². The molecule has 132 valence electrons. The molecule has 0 heterocycles. The van der Waals surface area contributed by atoms with Crippen LogP contribution in [-0.2, 0) is 27.5 Å². The second kappa shape index (κ2) is 10.1. The number of nitrogens with one attached hydrogen (secondary N) is 1. The molecule has 0 aliphatic heterocycles. The molecular formula is C19H21NO5. The van der Waals surface area contributed by atoms with Crippen molar-refractivity contribution >= 4 is 12.1 Å². The highest BCUT2D eigenvalue weighted by Gasteiger charge is 2.22. The zero-order valence-corrected chi connectivity index (χ0v) is 13.8. The first-order valence-corrected chi connectivity index (χ1v) is 7.97. The Morgan fingerprint density at radius 3 is 1.92 bits per heavy atom. The summed E-state index contributed by atoms with van der Waals surface area (Å²) in [6.07, 6.45) is -0.687. The third-order valence-corrected chi connectivity index (χ3v) is 3.43. The molecule has 0 aromatic heterocycles. The van der Waals surface area contributed by atoms with Crippen LogP contribution < -0.4 is 5.32 Å². The van der Waals surface area contributed by atoms with Crippen LogP contribution in [0.1, 0.15) is 17.5 Å². The normalized spacial score (nSPS) is 11.4. The minimum absolute atomic E-state index is 0.0497. The maximum atomic E-state index is 12.1. The SMILES string of the molecule is O=C(N[C@H](CCO)C(=O)OCc1ccccc1)OCc1ccccc1. The highest BCUT2D eigenvalue weighted by Crippen LogP contribution is 2.05. The van der Waals surface area contributed by atoms with Gasteiger partial charge in [-0.2, -0.15) is 0 Å². The zero-order valence-electron chi connectivity index (χ0n) is 13.8. The lowest BCUT2D eigenvalue weighted by Gasteiger charge is -2.16. The van der Waals surface area contributed by atoms with Crippen LogP contribution in [0.15, 0.2) is 60.7 Å². The Hall–Kier alpha value is -2.86. The minimum Gasteiger partial charge on any atom is -0.459 e. The molecule has 0 saturated heterocycles. The minimum atomic E-state index is -0.961.